The Labute approximate surface area is 132 Å². The SMILES string of the molecule is CC1N(CCCCCCC(=O)O)c2ccc(F)cc2C1(C)C. The molecule has 1 aliphatic rings. The number of anilines is 1. The minimum Gasteiger partial charge on any atom is -0.481 e. The van der Waals surface area contributed by atoms with Gasteiger partial charge in [0.1, 0.15) is 5.82 Å². The lowest BCUT2D eigenvalue weighted by Gasteiger charge is -2.31. The van der Waals surface area contributed by atoms with Crippen molar-refractivity contribution in [2.45, 2.75) is 64.3 Å². The minimum absolute atomic E-state index is 0.0548. The third-order valence-corrected chi connectivity index (χ3v) is 5.01. The molecule has 1 aromatic carbocycles. The molecule has 3 nitrogen and oxygen atoms in total. The Morgan fingerprint density at radius 1 is 1.27 bits per heavy atom. The number of hydrogen-bond acceptors (Lipinski definition) is 2. The van der Waals surface area contributed by atoms with Gasteiger partial charge in [0, 0.05) is 30.1 Å². The van der Waals surface area contributed by atoms with Gasteiger partial charge in [0.25, 0.3) is 0 Å². The number of rotatable bonds is 7. The number of benzene rings is 1. The van der Waals surface area contributed by atoms with Gasteiger partial charge in [-0.1, -0.05) is 26.7 Å². The molecule has 0 radical (unpaired) electrons. The number of carbonyl (C=O) groups is 1. The maximum absolute atomic E-state index is 13.5. The molecule has 22 heavy (non-hydrogen) atoms. The van der Waals surface area contributed by atoms with Crippen LogP contribution in [0.2, 0.25) is 0 Å². The predicted molar refractivity (Wildman–Crippen MR) is 87.0 cm³/mol. The molecule has 0 saturated heterocycles. The minimum atomic E-state index is -0.717. The van der Waals surface area contributed by atoms with Crippen molar-refractivity contribution in [1.82, 2.24) is 0 Å². The zero-order chi connectivity index (χ0) is 16.3. The maximum Gasteiger partial charge on any atom is 0.303 e. The normalized spacial score (nSPS) is 19.3. The molecule has 1 N–H and O–H groups in total. The summed E-state index contributed by atoms with van der Waals surface area (Å²) in [5.41, 5.74) is 2.18. The van der Waals surface area contributed by atoms with Gasteiger partial charge < -0.3 is 10.0 Å². The standard InChI is InChI=1S/C18H26FNO2/c1-13-18(2,3)15-12-14(19)9-10-16(15)20(13)11-7-5-4-6-8-17(21)22/h9-10,12-13H,4-8,11H2,1-3H3,(H,21,22). The second-order valence-electron chi connectivity index (χ2n) is 6.81. The zero-order valence-electron chi connectivity index (χ0n) is 13.7. The van der Waals surface area contributed by atoms with Crippen molar-refractivity contribution in [2.75, 3.05) is 11.4 Å². The molecular weight excluding hydrogens is 281 g/mol. The highest BCUT2D eigenvalue weighted by Crippen LogP contribution is 2.45. The first-order valence-electron chi connectivity index (χ1n) is 8.12. The van der Waals surface area contributed by atoms with Crippen LogP contribution in [-0.2, 0) is 10.2 Å². The number of unbranched alkanes of at least 4 members (excludes halogenated alkanes) is 3. The highest BCUT2D eigenvalue weighted by molar-refractivity contribution is 5.66. The van der Waals surface area contributed by atoms with Gasteiger partial charge in [-0.2, -0.15) is 0 Å². The monoisotopic (exact) mass is 307 g/mol. The molecule has 0 fully saturated rings. The second-order valence-corrected chi connectivity index (χ2v) is 6.81. The van der Waals surface area contributed by atoms with Crippen LogP contribution in [0.3, 0.4) is 0 Å². The molecule has 0 bridgehead atoms. The van der Waals surface area contributed by atoms with Gasteiger partial charge in [-0.3, -0.25) is 4.79 Å². The van der Waals surface area contributed by atoms with Gasteiger partial charge in [0.05, 0.1) is 0 Å². The van der Waals surface area contributed by atoms with Crippen molar-refractivity contribution in [3.8, 4) is 0 Å². The smallest absolute Gasteiger partial charge is 0.303 e. The summed E-state index contributed by atoms with van der Waals surface area (Å²) in [6.07, 6.45) is 4.03. The van der Waals surface area contributed by atoms with E-state index in [4.69, 9.17) is 5.11 Å². The van der Waals surface area contributed by atoms with E-state index in [1.807, 2.05) is 6.07 Å². The zero-order valence-corrected chi connectivity index (χ0v) is 13.7. The third-order valence-electron chi connectivity index (χ3n) is 5.01. The van der Waals surface area contributed by atoms with Crippen LogP contribution in [0.25, 0.3) is 0 Å². The van der Waals surface area contributed by atoms with Crippen LogP contribution in [0.1, 0.15) is 58.4 Å². The molecule has 4 heteroatoms. The molecule has 1 aromatic rings. The molecule has 0 saturated carbocycles. The molecule has 1 heterocycles. The van der Waals surface area contributed by atoms with Crippen molar-refractivity contribution in [3.05, 3.63) is 29.6 Å². The van der Waals surface area contributed by atoms with Gasteiger partial charge >= 0.3 is 5.97 Å². The van der Waals surface area contributed by atoms with Crippen LogP contribution >= 0.6 is 0 Å². The average Bonchev–Trinajstić information content (AvgIpc) is 2.63. The van der Waals surface area contributed by atoms with Gasteiger partial charge in [0.15, 0.2) is 0 Å². The Hall–Kier alpha value is -1.58. The second kappa shape index (κ2) is 6.67. The number of nitrogens with zero attached hydrogens (tertiary/aromatic N) is 1. The molecule has 0 spiro atoms. The predicted octanol–water partition coefficient (Wildman–Crippen LogP) is 4.35. The number of fused-ring (bicyclic) bond motifs is 1. The Kier molecular flexibility index (Phi) is 5.09. The van der Waals surface area contributed by atoms with E-state index in [1.165, 1.54) is 6.07 Å². The van der Waals surface area contributed by atoms with Crippen molar-refractivity contribution in [1.29, 1.82) is 0 Å². The lowest BCUT2D eigenvalue weighted by Crippen LogP contribution is -2.39. The molecule has 1 atom stereocenters. The number of carboxylic acids is 1. The lowest BCUT2D eigenvalue weighted by molar-refractivity contribution is -0.137. The summed E-state index contributed by atoms with van der Waals surface area (Å²) in [5.74, 6) is -0.889. The maximum atomic E-state index is 13.5. The summed E-state index contributed by atoms with van der Waals surface area (Å²) >= 11 is 0. The first-order chi connectivity index (χ1) is 10.3. The summed E-state index contributed by atoms with van der Waals surface area (Å²) in [6, 6.07) is 5.43. The van der Waals surface area contributed by atoms with E-state index in [1.54, 1.807) is 6.07 Å². The fraction of sp³-hybridized carbons (Fsp3) is 0.611. The van der Waals surface area contributed by atoms with E-state index < -0.39 is 5.97 Å². The fourth-order valence-corrected chi connectivity index (χ4v) is 3.32. The van der Waals surface area contributed by atoms with Crippen LogP contribution in [-0.4, -0.2) is 23.7 Å². The summed E-state index contributed by atoms with van der Waals surface area (Å²) < 4.78 is 13.5. The van der Waals surface area contributed by atoms with E-state index in [2.05, 4.69) is 25.7 Å². The van der Waals surface area contributed by atoms with E-state index in [0.29, 0.717) is 6.04 Å². The van der Waals surface area contributed by atoms with Crippen LogP contribution in [0.15, 0.2) is 18.2 Å². The number of aliphatic carboxylic acids is 1. The van der Waals surface area contributed by atoms with Crippen molar-refractivity contribution in [3.63, 3.8) is 0 Å². The lowest BCUT2D eigenvalue weighted by atomic mass is 9.81. The highest BCUT2D eigenvalue weighted by Gasteiger charge is 2.41. The van der Waals surface area contributed by atoms with Crippen molar-refractivity contribution in [2.24, 2.45) is 0 Å². The fourth-order valence-electron chi connectivity index (χ4n) is 3.32. The summed E-state index contributed by atoms with van der Waals surface area (Å²) in [5, 5.41) is 8.63. The summed E-state index contributed by atoms with van der Waals surface area (Å²) in [4.78, 5) is 12.8. The molecule has 1 aliphatic heterocycles. The third kappa shape index (κ3) is 3.42. The van der Waals surface area contributed by atoms with E-state index in [-0.39, 0.29) is 17.7 Å². The molecular formula is C18H26FNO2. The van der Waals surface area contributed by atoms with Gasteiger partial charge in [-0.05, 0) is 43.5 Å². The highest BCUT2D eigenvalue weighted by atomic mass is 19.1. The largest absolute Gasteiger partial charge is 0.481 e. The Morgan fingerprint density at radius 2 is 1.95 bits per heavy atom. The molecule has 2 rings (SSSR count). The van der Waals surface area contributed by atoms with Crippen LogP contribution < -0.4 is 4.90 Å². The number of halogens is 1. The first-order valence-corrected chi connectivity index (χ1v) is 8.12. The van der Waals surface area contributed by atoms with Crippen LogP contribution in [0.5, 0.6) is 0 Å². The number of hydrogen-bond donors (Lipinski definition) is 1. The van der Waals surface area contributed by atoms with Gasteiger partial charge in [-0.25, -0.2) is 4.39 Å². The molecule has 0 aliphatic carbocycles. The Bertz CT molecular complexity index is 542. The Morgan fingerprint density at radius 3 is 2.64 bits per heavy atom. The summed E-state index contributed by atoms with van der Waals surface area (Å²) in [6.45, 7) is 7.48. The molecule has 1 unspecified atom stereocenters. The topological polar surface area (TPSA) is 40.5 Å². The van der Waals surface area contributed by atoms with E-state index in [0.717, 1.165) is 43.5 Å². The van der Waals surface area contributed by atoms with Crippen LogP contribution in [0.4, 0.5) is 10.1 Å². The van der Waals surface area contributed by atoms with Gasteiger partial charge in [-0.15, -0.1) is 0 Å². The molecule has 0 aromatic heterocycles. The Balaban J connectivity index is 1.94. The van der Waals surface area contributed by atoms with E-state index in [9.17, 15) is 9.18 Å². The average molecular weight is 307 g/mol. The molecule has 0 amide bonds. The molecule has 122 valence electrons. The summed E-state index contributed by atoms with van der Waals surface area (Å²) in [7, 11) is 0. The van der Waals surface area contributed by atoms with Crippen LogP contribution in [0, 0.1) is 5.82 Å². The van der Waals surface area contributed by atoms with E-state index >= 15 is 0 Å². The first kappa shape index (κ1) is 16.8. The quantitative estimate of drug-likeness (QED) is 0.761. The van der Waals surface area contributed by atoms with Crippen molar-refractivity contribution >= 4 is 11.7 Å². The van der Waals surface area contributed by atoms with Gasteiger partial charge in [0.2, 0.25) is 0 Å². The number of carboxylic acid groups (broad SMARTS) is 1. The van der Waals surface area contributed by atoms with Crippen molar-refractivity contribution < 1.29 is 14.3 Å².